The lowest BCUT2D eigenvalue weighted by Crippen LogP contribution is -1.94. The third kappa shape index (κ3) is 4.96. The number of furan rings is 2. The van der Waals surface area contributed by atoms with E-state index in [1.54, 1.807) is 0 Å². The van der Waals surface area contributed by atoms with E-state index in [2.05, 4.69) is 162 Å². The first-order valence-electron chi connectivity index (χ1n) is 19.1. The molecule has 0 amide bonds. The molecule has 0 bridgehead atoms. The van der Waals surface area contributed by atoms with E-state index in [0.717, 1.165) is 83.2 Å². The molecule has 0 saturated heterocycles. The fraction of sp³-hybridized carbons (Fsp3) is 0. The zero-order valence-electron chi connectivity index (χ0n) is 30.6. The topological polar surface area (TPSA) is 57.0 Å². The monoisotopic (exact) mass is 729 g/mol. The second-order valence-electron chi connectivity index (χ2n) is 14.5. The molecule has 5 heteroatoms. The summed E-state index contributed by atoms with van der Waals surface area (Å²) in [7, 11) is 0. The Morgan fingerprint density at radius 2 is 0.982 bits per heavy atom. The van der Waals surface area contributed by atoms with Crippen LogP contribution >= 0.6 is 0 Å². The number of aromatic nitrogens is 3. The van der Waals surface area contributed by atoms with Crippen LogP contribution in [0.25, 0.3) is 116 Å². The number of fused-ring (bicyclic) bond motifs is 9. The molecule has 57 heavy (non-hydrogen) atoms. The summed E-state index contributed by atoms with van der Waals surface area (Å²) < 4.78 is 15.4. The molecule has 0 aliphatic heterocycles. The Balaban J connectivity index is 1.01. The molecular formula is C52H31N3O2. The van der Waals surface area contributed by atoms with Gasteiger partial charge in [-0.3, -0.25) is 0 Å². The van der Waals surface area contributed by atoms with Crippen LogP contribution in [0, 0.1) is 0 Å². The zero-order chi connectivity index (χ0) is 37.5. The van der Waals surface area contributed by atoms with Crippen LogP contribution in [0.5, 0.6) is 0 Å². The molecule has 4 aromatic heterocycles. The number of para-hydroxylation sites is 4. The van der Waals surface area contributed by atoms with Crippen LogP contribution in [0.3, 0.4) is 0 Å². The van der Waals surface area contributed by atoms with Crippen LogP contribution < -0.4 is 0 Å². The van der Waals surface area contributed by atoms with E-state index in [0.29, 0.717) is 11.4 Å². The highest BCUT2D eigenvalue weighted by Gasteiger charge is 2.20. The Labute approximate surface area is 326 Å². The molecule has 0 fully saturated rings. The van der Waals surface area contributed by atoms with Gasteiger partial charge in [-0.25, -0.2) is 9.97 Å². The maximum Gasteiger partial charge on any atom is 0.180 e. The van der Waals surface area contributed by atoms with Crippen molar-refractivity contribution in [3.8, 4) is 50.6 Å². The fourth-order valence-electron chi connectivity index (χ4n) is 8.53. The second-order valence-corrected chi connectivity index (χ2v) is 14.5. The Hall–Kier alpha value is -7.76. The van der Waals surface area contributed by atoms with E-state index in [-0.39, 0.29) is 0 Å². The van der Waals surface area contributed by atoms with Crippen LogP contribution in [-0.2, 0) is 0 Å². The van der Waals surface area contributed by atoms with Crippen LogP contribution in [0.1, 0.15) is 0 Å². The van der Waals surface area contributed by atoms with Crippen LogP contribution in [0.2, 0.25) is 0 Å². The molecule has 0 aliphatic rings. The van der Waals surface area contributed by atoms with E-state index in [1.165, 1.54) is 21.8 Å². The van der Waals surface area contributed by atoms with Gasteiger partial charge in [0.15, 0.2) is 11.4 Å². The Morgan fingerprint density at radius 3 is 1.82 bits per heavy atom. The van der Waals surface area contributed by atoms with Crippen molar-refractivity contribution < 1.29 is 8.83 Å². The lowest BCUT2D eigenvalue weighted by molar-refractivity contribution is 0.667. The van der Waals surface area contributed by atoms with Crippen molar-refractivity contribution in [1.82, 2.24) is 14.5 Å². The minimum absolute atomic E-state index is 0.650. The molecule has 12 rings (SSSR count). The molecule has 0 spiro atoms. The van der Waals surface area contributed by atoms with Gasteiger partial charge in [-0.2, -0.15) is 0 Å². The maximum atomic E-state index is 6.66. The summed E-state index contributed by atoms with van der Waals surface area (Å²) in [6.45, 7) is 0. The Bertz CT molecular complexity index is 3500. The van der Waals surface area contributed by atoms with E-state index >= 15 is 0 Å². The summed E-state index contributed by atoms with van der Waals surface area (Å²) in [6, 6.07) is 65.6. The first-order valence-corrected chi connectivity index (χ1v) is 19.1. The molecule has 0 atom stereocenters. The molecule has 0 radical (unpaired) electrons. The highest BCUT2D eigenvalue weighted by Crippen LogP contribution is 2.41. The van der Waals surface area contributed by atoms with Gasteiger partial charge in [0.25, 0.3) is 0 Å². The minimum Gasteiger partial charge on any atom is -0.455 e. The summed E-state index contributed by atoms with van der Waals surface area (Å²) in [6.07, 6.45) is 0. The molecule has 0 unspecified atom stereocenters. The van der Waals surface area contributed by atoms with Crippen molar-refractivity contribution in [2.75, 3.05) is 0 Å². The highest BCUT2D eigenvalue weighted by atomic mass is 16.3. The standard InChI is InChI=1S/C52H31N3O2/c1-3-12-34(13-4-1)52-53-48(33-24-22-32(23-25-33)38-18-11-19-41-40-17-8-10-21-46(40)56-50(38)41)51-49(54-52)43-31-36(27-29-47(43)57-51)35-26-28-45-42(30-35)39-16-7-9-20-44(39)55(45)37-14-5-2-6-15-37/h1-31H. The zero-order valence-corrected chi connectivity index (χ0v) is 30.6. The van der Waals surface area contributed by atoms with Crippen LogP contribution in [0.4, 0.5) is 0 Å². The summed E-state index contributed by atoms with van der Waals surface area (Å²) in [5.41, 5.74) is 14.5. The number of nitrogens with zero attached hydrogens (tertiary/aromatic N) is 3. The van der Waals surface area contributed by atoms with E-state index in [4.69, 9.17) is 18.8 Å². The lowest BCUT2D eigenvalue weighted by atomic mass is 9.99. The summed E-state index contributed by atoms with van der Waals surface area (Å²) in [5.74, 6) is 0.650. The van der Waals surface area contributed by atoms with Gasteiger partial charge in [-0.15, -0.1) is 0 Å². The number of rotatable bonds is 5. The van der Waals surface area contributed by atoms with Gasteiger partial charge in [0, 0.05) is 49.3 Å². The third-order valence-corrected chi connectivity index (χ3v) is 11.2. The normalized spacial score (nSPS) is 11.9. The fourth-order valence-corrected chi connectivity index (χ4v) is 8.53. The van der Waals surface area contributed by atoms with Crippen molar-refractivity contribution in [3.63, 3.8) is 0 Å². The SMILES string of the molecule is c1ccc(-c2nc(-c3ccc(-c4cccc5c4oc4ccccc45)cc3)c3oc4ccc(-c5ccc6c(c5)c5ccccc5n6-c5ccccc5)cc4c3n2)cc1. The van der Waals surface area contributed by atoms with Crippen molar-refractivity contribution in [1.29, 1.82) is 0 Å². The number of hydrogen-bond donors (Lipinski definition) is 0. The van der Waals surface area contributed by atoms with Gasteiger partial charge in [-0.1, -0.05) is 140 Å². The van der Waals surface area contributed by atoms with Gasteiger partial charge in [-0.05, 0) is 65.2 Å². The molecule has 0 aliphatic carbocycles. The smallest absolute Gasteiger partial charge is 0.180 e. The maximum absolute atomic E-state index is 6.66. The summed E-state index contributed by atoms with van der Waals surface area (Å²) in [4.78, 5) is 10.3. The molecule has 12 aromatic rings. The minimum atomic E-state index is 0.650. The quantitative estimate of drug-likeness (QED) is 0.177. The molecule has 4 heterocycles. The first kappa shape index (κ1) is 31.6. The van der Waals surface area contributed by atoms with Crippen LogP contribution in [0.15, 0.2) is 197 Å². The Kier molecular flexibility index (Phi) is 6.86. The van der Waals surface area contributed by atoms with Gasteiger partial charge in [0.2, 0.25) is 0 Å². The summed E-state index contributed by atoms with van der Waals surface area (Å²) in [5, 5.41) is 5.60. The van der Waals surface area contributed by atoms with Crippen molar-refractivity contribution in [3.05, 3.63) is 188 Å². The van der Waals surface area contributed by atoms with Crippen molar-refractivity contribution in [2.45, 2.75) is 0 Å². The van der Waals surface area contributed by atoms with Gasteiger partial charge in [0.1, 0.15) is 28.0 Å². The molecule has 0 N–H and O–H groups in total. The Morgan fingerprint density at radius 1 is 0.368 bits per heavy atom. The number of hydrogen-bond acceptors (Lipinski definition) is 4. The molecule has 5 nitrogen and oxygen atoms in total. The van der Waals surface area contributed by atoms with Crippen molar-refractivity contribution >= 4 is 65.8 Å². The van der Waals surface area contributed by atoms with Crippen LogP contribution in [-0.4, -0.2) is 14.5 Å². The highest BCUT2D eigenvalue weighted by molar-refractivity contribution is 6.12. The lowest BCUT2D eigenvalue weighted by Gasteiger charge is -2.08. The predicted octanol–water partition coefficient (Wildman–Crippen LogP) is 14.0. The van der Waals surface area contributed by atoms with E-state index < -0.39 is 0 Å². The average Bonchev–Trinajstić information content (AvgIpc) is 3.96. The van der Waals surface area contributed by atoms with Gasteiger partial charge >= 0.3 is 0 Å². The second kappa shape index (κ2) is 12.4. The van der Waals surface area contributed by atoms with Crippen molar-refractivity contribution in [2.24, 2.45) is 0 Å². The van der Waals surface area contributed by atoms with E-state index in [9.17, 15) is 0 Å². The average molecular weight is 730 g/mol. The summed E-state index contributed by atoms with van der Waals surface area (Å²) >= 11 is 0. The van der Waals surface area contributed by atoms with E-state index in [1.807, 2.05) is 30.3 Å². The first-order chi connectivity index (χ1) is 28.2. The predicted molar refractivity (Wildman–Crippen MR) is 233 cm³/mol. The molecule has 8 aromatic carbocycles. The molecule has 266 valence electrons. The largest absolute Gasteiger partial charge is 0.455 e. The molecule has 0 saturated carbocycles. The molecular weight excluding hydrogens is 699 g/mol. The van der Waals surface area contributed by atoms with Gasteiger partial charge in [0.05, 0.1) is 11.0 Å². The van der Waals surface area contributed by atoms with Gasteiger partial charge < -0.3 is 13.4 Å². The number of benzene rings is 8. The third-order valence-electron chi connectivity index (χ3n) is 11.2.